The van der Waals surface area contributed by atoms with Gasteiger partial charge in [0.25, 0.3) is 0 Å². The molecule has 31 heavy (non-hydrogen) atoms. The second-order valence-electron chi connectivity index (χ2n) is 7.29. The van der Waals surface area contributed by atoms with Gasteiger partial charge in [-0.3, -0.25) is 9.13 Å². The molecule has 0 saturated heterocycles. The molecule has 3 aromatic heterocycles. The number of ether oxygens (including phenoxy) is 1. The number of imidazole rings is 2. The quantitative estimate of drug-likeness (QED) is 0.474. The summed E-state index contributed by atoms with van der Waals surface area (Å²) in [5, 5.41) is 0. The van der Waals surface area contributed by atoms with Gasteiger partial charge in [-0.15, -0.1) is 0 Å². The van der Waals surface area contributed by atoms with Crippen molar-refractivity contribution in [3.05, 3.63) is 76.6 Å². The molecule has 6 rings (SSSR count). The zero-order valence-corrected chi connectivity index (χ0v) is 15.9. The van der Waals surface area contributed by atoms with Crippen LogP contribution in [0.25, 0.3) is 28.1 Å². The van der Waals surface area contributed by atoms with Crippen molar-refractivity contribution in [3.8, 4) is 11.7 Å². The van der Waals surface area contributed by atoms with Crippen LogP contribution in [0.5, 0.6) is 5.75 Å². The Morgan fingerprint density at radius 3 is 2.84 bits per heavy atom. The Bertz CT molecular complexity index is 1540. The summed E-state index contributed by atoms with van der Waals surface area (Å²) in [5.41, 5.74) is 2.08. The molecule has 10 heteroatoms. The summed E-state index contributed by atoms with van der Waals surface area (Å²) in [4.78, 5) is 28.7. The summed E-state index contributed by atoms with van der Waals surface area (Å²) >= 11 is 0. The van der Waals surface area contributed by atoms with E-state index < -0.39 is 17.7 Å². The molecule has 4 heterocycles. The first-order valence-electron chi connectivity index (χ1n) is 9.61. The van der Waals surface area contributed by atoms with Crippen molar-refractivity contribution in [3.63, 3.8) is 0 Å². The SMILES string of the molecule is O=c1[nH]c2cnc(-n3cnc4ccc(F)cc43)nc2n1C1CCOc2ccc(F)cc21. The summed E-state index contributed by atoms with van der Waals surface area (Å²) in [6.45, 7) is 0.381. The van der Waals surface area contributed by atoms with Gasteiger partial charge in [0.15, 0.2) is 5.65 Å². The van der Waals surface area contributed by atoms with E-state index in [0.717, 1.165) is 0 Å². The van der Waals surface area contributed by atoms with E-state index >= 15 is 0 Å². The van der Waals surface area contributed by atoms with Crippen molar-refractivity contribution in [2.45, 2.75) is 12.5 Å². The molecule has 1 aliphatic heterocycles. The minimum Gasteiger partial charge on any atom is -0.493 e. The Morgan fingerprint density at radius 1 is 1.10 bits per heavy atom. The highest BCUT2D eigenvalue weighted by molar-refractivity contribution is 5.77. The van der Waals surface area contributed by atoms with Crippen molar-refractivity contribution in [1.29, 1.82) is 0 Å². The van der Waals surface area contributed by atoms with Crippen LogP contribution in [-0.4, -0.2) is 35.7 Å². The molecule has 0 saturated carbocycles. The van der Waals surface area contributed by atoms with Gasteiger partial charge in [0, 0.05) is 18.1 Å². The van der Waals surface area contributed by atoms with Crippen LogP contribution in [0.4, 0.5) is 8.78 Å². The highest BCUT2D eigenvalue weighted by atomic mass is 19.1. The molecule has 2 aromatic carbocycles. The third-order valence-corrected chi connectivity index (χ3v) is 5.46. The number of benzene rings is 2. The molecule has 8 nitrogen and oxygen atoms in total. The fraction of sp³-hybridized carbons (Fsp3) is 0.143. The highest BCUT2D eigenvalue weighted by Gasteiger charge is 2.27. The molecule has 5 aromatic rings. The predicted octanol–water partition coefficient (Wildman–Crippen LogP) is 3.11. The van der Waals surface area contributed by atoms with E-state index in [1.54, 1.807) is 16.7 Å². The van der Waals surface area contributed by atoms with Crippen molar-refractivity contribution < 1.29 is 13.5 Å². The number of halogens is 2. The topological polar surface area (TPSA) is 90.6 Å². The lowest BCUT2D eigenvalue weighted by Gasteiger charge is -2.26. The zero-order chi connectivity index (χ0) is 21.1. The molecule has 1 atom stereocenters. The third kappa shape index (κ3) is 2.71. The van der Waals surface area contributed by atoms with Crippen LogP contribution >= 0.6 is 0 Å². The average molecular weight is 420 g/mol. The van der Waals surface area contributed by atoms with E-state index in [9.17, 15) is 13.6 Å². The first-order chi connectivity index (χ1) is 15.1. The number of fused-ring (bicyclic) bond motifs is 3. The number of rotatable bonds is 2. The third-order valence-electron chi connectivity index (χ3n) is 5.46. The largest absolute Gasteiger partial charge is 0.493 e. The summed E-state index contributed by atoms with van der Waals surface area (Å²) < 4.78 is 36.4. The normalized spacial score (nSPS) is 15.9. The molecule has 1 aliphatic rings. The van der Waals surface area contributed by atoms with Crippen LogP contribution in [0.1, 0.15) is 18.0 Å². The van der Waals surface area contributed by atoms with Gasteiger partial charge in [0.05, 0.1) is 29.9 Å². The molecular formula is C21H14F2N6O2. The van der Waals surface area contributed by atoms with Crippen molar-refractivity contribution in [2.75, 3.05) is 6.61 Å². The minimum atomic E-state index is -0.458. The zero-order valence-electron chi connectivity index (χ0n) is 15.9. The van der Waals surface area contributed by atoms with Crippen molar-refractivity contribution in [2.24, 2.45) is 0 Å². The van der Waals surface area contributed by atoms with E-state index in [2.05, 4.69) is 19.9 Å². The Balaban J connectivity index is 1.56. The van der Waals surface area contributed by atoms with Gasteiger partial charge in [0.1, 0.15) is 29.2 Å². The Hall–Kier alpha value is -4.08. The number of H-pyrrole nitrogens is 1. The molecule has 0 spiro atoms. The molecule has 0 amide bonds. The Morgan fingerprint density at radius 2 is 1.94 bits per heavy atom. The molecule has 0 bridgehead atoms. The van der Waals surface area contributed by atoms with Crippen LogP contribution in [0.2, 0.25) is 0 Å². The first-order valence-corrected chi connectivity index (χ1v) is 9.61. The van der Waals surface area contributed by atoms with Gasteiger partial charge in [-0.1, -0.05) is 0 Å². The Kier molecular flexibility index (Phi) is 3.70. The van der Waals surface area contributed by atoms with Gasteiger partial charge in [-0.05, 0) is 30.3 Å². The molecular weight excluding hydrogens is 406 g/mol. The van der Waals surface area contributed by atoms with Crippen LogP contribution in [-0.2, 0) is 0 Å². The maximum absolute atomic E-state index is 13.9. The van der Waals surface area contributed by atoms with Gasteiger partial charge < -0.3 is 9.72 Å². The maximum atomic E-state index is 13.9. The molecule has 154 valence electrons. The fourth-order valence-electron chi connectivity index (χ4n) is 4.07. The lowest BCUT2D eigenvalue weighted by Crippen LogP contribution is -2.28. The molecule has 0 radical (unpaired) electrons. The first kappa shape index (κ1) is 17.8. The van der Waals surface area contributed by atoms with Crippen LogP contribution < -0.4 is 10.4 Å². The molecule has 0 fully saturated rings. The van der Waals surface area contributed by atoms with E-state index in [1.807, 2.05) is 0 Å². The van der Waals surface area contributed by atoms with E-state index in [1.165, 1.54) is 41.4 Å². The second-order valence-corrected chi connectivity index (χ2v) is 7.29. The highest BCUT2D eigenvalue weighted by Crippen LogP contribution is 2.35. The summed E-state index contributed by atoms with van der Waals surface area (Å²) in [7, 11) is 0. The van der Waals surface area contributed by atoms with Gasteiger partial charge >= 0.3 is 5.69 Å². The second kappa shape index (κ2) is 6.46. The fourth-order valence-corrected chi connectivity index (χ4v) is 4.07. The molecule has 1 N–H and O–H groups in total. The van der Waals surface area contributed by atoms with Gasteiger partial charge in [0.2, 0.25) is 5.95 Å². The smallest absolute Gasteiger partial charge is 0.328 e. The van der Waals surface area contributed by atoms with E-state index in [4.69, 9.17) is 4.74 Å². The number of hydrogen-bond acceptors (Lipinski definition) is 5. The average Bonchev–Trinajstić information content (AvgIpc) is 3.32. The van der Waals surface area contributed by atoms with Crippen molar-refractivity contribution in [1.82, 2.24) is 29.1 Å². The summed E-state index contributed by atoms with van der Waals surface area (Å²) in [5.74, 6) is -0.0526. The van der Waals surface area contributed by atoms with Gasteiger partial charge in [-0.2, -0.15) is 4.98 Å². The number of nitrogens with one attached hydrogen (secondary N) is 1. The number of hydrogen-bond donors (Lipinski definition) is 1. The lowest BCUT2D eigenvalue weighted by atomic mass is 10.00. The van der Waals surface area contributed by atoms with Gasteiger partial charge in [-0.25, -0.2) is 23.5 Å². The van der Waals surface area contributed by atoms with Crippen LogP contribution in [0, 0.1) is 11.6 Å². The number of aromatic nitrogens is 6. The predicted molar refractivity (Wildman–Crippen MR) is 107 cm³/mol. The molecule has 0 aliphatic carbocycles. The van der Waals surface area contributed by atoms with Crippen molar-refractivity contribution >= 4 is 22.2 Å². The van der Waals surface area contributed by atoms with Crippen LogP contribution in [0.15, 0.2) is 53.7 Å². The summed E-state index contributed by atoms with van der Waals surface area (Å²) in [6.07, 6.45) is 3.47. The van der Waals surface area contributed by atoms with E-state index in [-0.39, 0.29) is 11.6 Å². The van der Waals surface area contributed by atoms with Crippen LogP contribution in [0.3, 0.4) is 0 Å². The number of nitrogens with zero attached hydrogens (tertiary/aromatic N) is 5. The minimum absolute atomic E-state index is 0.236. The monoisotopic (exact) mass is 420 g/mol. The maximum Gasteiger partial charge on any atom is 0.328 e. The summed E-state index contributed by atoms with van der Waals surface area (Å²) in [6, 6.07) is 8.04. The van der Waals surface area contributed by atoms with E-state index in [0.29, 0.717) is 46.5 Å². The number of aromatic amines is 1. The Labute approximate surface area is 172 Å². The molecule has 1 unspecified atom stereocenters. The standard InChI is InChI=1S/C21H14F2N6O2/c22-11-2-4-18-13(7-11)16(5-6-31-18)29-19-15(26-21(29)30)9-24-20(27-19)28-10-25-14-3-1-12(23)8-17(14)28/h1-4,7-10,16H,5-6H2,(H,26,30). The lowest BCUT2D eigenvalue weighted by molar-refractivity contribution is 0.255.